The molecule has 9 heteroatoms. The van der Waals surface area contributed by atoms with E-state index in [2.05, 4.69) is 35.3 Å². The van der Waals surface area contributed by atoms with Gasteiger partial charge in [0.05, 0.1) is 12.1 Å². The highest BCUT2D eigenvalue weighted by Crippen LogP contribution is 2.22. The van der Waals surface area contributed by atoms with Crippen LogP contribution in [0.2, 0.25) is 10.0 Å². The lowest BCUT2D eigenvalue weighted by atomic mass is 10.2. The number of amides is 1. The van der Waals surface area contributed by atoms with Gasteiger partial charge in [0.15, 0.2) is 0 Å². The zero-order valence-electron chi connectivity index (χ0n) is 19.6. The number of fused-ring (bicyclic) bond motifs is 1. The van der Waals surface area contributed by atoms with Crippen molar-refractivity contribution in [2.24, 2.45) is 0 Å². The fourth-order valence-electron chi connectivity index (χ4n) is 4.10. The molecule has 0 atom stereocenters. The Hall–Kier alpha value is -2.45. The second kappa shape index (κ2) is 11.3. The Morgan fingerprint density at radius 1 is 1.03 bits per heavy atom. The summed E-state index contributed by atoms with van der Waals surface area (Å²) in [6.07, 6.45) is 1.04. The Balaban J connectivity index is 1.39. The molecule has 4 rings (SSSR count). The lowest BCUT2D eigenvalue weighted by Gasteiger charge is -2.34. The first kappa shape index (κ1) is 24.7. The summed E-state index contributed by atoms with van der Waals surface area (Å²) in [6.45, 7) is 5.28. The summed E-state index contributed by atoms with van der Waals surface area (Å²) in [5, 5.41) is 5.47. The predicted molar refractivity (Wildman–Crippen MR) is 139 cm³/mol. The van der Waals surface area contributed by atoms with E-state index < -0.39 is 0 Å². The van der Waals surface area contributed by atoms with Crippen LogP contribution in [0.1, 0.15) is 22.6 Å². The maximum atomic E-state index is 12.9. The third-order valence-corrected chi connectivity index (χ3v) is 6.29. The number of hydrogen-bond donors (Lipinski definition) is 1. The number of para-hydroxylation sites is 1. The average Bonchev–Trinajstić information content (AvgIpc) is 2.81. The van der Waals surface area contributed by atoms with Gasteiger partial charge in [0, 0.05) is 53.7 Å². The molecule has 34 heavy (non-hydrogen) atoms. The van der Waals surface area contributed by atoms with Crippen LogP contribution in [0.5, 0.6) is 0 Å². The first-order valence-electron chi connectivity index (χ1n) is 11.5. The molecular weight excluding hydrogens is 471 g/mol. The number of aromatic nitrogens is 2. The van der Waals surface area contributed by atoms with Crippen molar-refractivity contribution in [1.82, 2.24) is 24.7 Å². The summed E-state index contributed by atoms with van der Waals surface area (Å²) in [4.78, 5) is 28.8. The van der Waals surface area contributed by atoms with Crippen LogP contribution >= 0.6 is 23.2 Å². The molecule has 0 unspecified atom stereocenters. The first-order valence-corrected chi connectivity index (χ1v) is 12.3. The fraction of sp³-hybridized carbons (Fsp3) is 0.400. The van der Waals surface area contributed by atoms with Gasteiger partial charge in [-0.05, 0) is 57.4 Å². The van der Waals surface area contributed by atoms with E-state index in [1.54, 1.807) is 18.2 Å². The van der Waals surface area contributed by atoms with Gasteiger partial charge in [-0.15, -0.1) is 0 Å². The van der Waals surface area contributed by atoms with Crippen molar-refractivity contribution in [3.8, 4) is 0 Å². The molecule has 0 aliphatic carbocycles. The van der Waals surface area contributed by atoms with E-state index in [1.165, 1.54) is 0 Å². The number of rotatable bonds is 8. The minimum atomic E-state index is -0.0461. The third-order valence-electron chi connectivity index (χ3n) is 5.86. The Labute approximate surface area is 210 Å². The van der Waals surface area contributed by atoms with E-state index in [0.717, 1.165) is 55.1 Å². The molecular formula is C25H30Cl2N6O. The summed E-state index contributed by atoms with van der Waals surface area (Å²) in [6, 6.07) is 13.1. The second-order valence-electron chi connectivity index (χ2n) is 8.82. The van der Waals surface area contributed by atoms with Gasteiger partial charge in [0.1, 0.15) is 11.6 Å². The van der Waals surface area contributed by atoms with E-state index >= 15 is 0 Å². The molecule has 2 heterocycles. The van der Waals surface area contributed by atoms with E-state index in [9.17, 15) is 4.79 Å². The van der Waals surface area contributed by atoms with Crippen LogP contribution in [0.25, 0.3) is 10.9 Å². The first-order chi connectivity index (χ1) is 16.4. The number of piperazine rings is 1. The molecule has 1 fully saturated rings. The molecule has 1 N–H and O–H groups in total. The van der Waals surface area contributed by atoms with Crippen molar-refractivity contribution in [1.29, 1.82) is 0 Å². The number of benzene rings is 2. The summed E-state index contributed by atoms with van der Waals surface area (Å²) < 4.78 is 0. The minimum absolute atomic E-state index is 0.0461. The van der Waals surface area contributed by atoms with E-state index in [0.29, 0.717) is 35.2 Å². The number of nitrogens with zero attached hydrogens (tertiary/aromatic N) is 5. The standard InChI is InChI=1S/C25H30Cl2N6O/c1-31(2)9-5-8-28-24-21-6-3-4-7-22(21)29-23(30-24)17-32-10-12-33(13-11-32)25(34)18-14-19(26)16-20(27)15-18/h3-4,6-7,14-16H,5,8-13,17H2,1-2H3,(H,28,29,30). The second-order valence-corrected chi connectivity index (χ2v) is 9.69. The van der Waals surface area contributed by atoms with Crippen LogP contribution in [0.15, 0.2) is 42.5 Å². The maximum Gasteiger partial charge on any atom is 0.254 e. The number of nitrogens with one attached hydrogen (secondary N) is 1. The molecule has 1 aromatic heterocycles. The molecule has 0 radical (unpaired) electrons. The van der Waals surface area contributed by atoms with Gasteiger partial charge < -0.3 is 15.1 Å². The minimum Gasteiger partial charge on any atom is -0.369 e. The summed E-state index contributed by atoms with van der Waals surface area (Å²) in [5.74, 6) is 1.62. The highest BCUT2D eigenvalue weighted by Gasteiger charge is 2.23. The SMILES string of the molecule is CN(C)CCCNc1nc(CN2CCN(C(=O)c3cc(Cl)cc(Cl)c3)CC2)nc2ccccc12. The van der Waals surface area contributed by atoms with Gasteiger partial charge >= 0.3 is 0 Å². The number of hydrogen-bond acceptors (Lipinski definition) is 6. The molecule has 2 aromatic carbocycles. The average molecular weight is 501 g/mol. The van der Waals surface area contributed by atoms with Gasteiger partial charge in [-0.1, -0.05) is 35.3 Å². The van der Waals surface area contributed by atoms with E-state index in [-0.39, 0.29) is 5.91 Å². The molecule has 1 amide bonds. The third kappa shape index (κ3) is 6.36. The van der Waals surface area contributed by atoms with Gasteiger partial charge in [-0.25, -0.2) is 9.97 Å². The largest absolute Gasteiger partial charge is 0.369 e. The normalized spacial score (nSPS) is 14.7. The van der Waals surface area contributed by atoms with Crippen molar-refractivity contribution < 1.29 is 4.79 Å². The lowest BCUT2D eigenvalue weighted by Crippen LogP contribution is -2.48. The highest BCUT2D eigenvalue weighted by atomic mass is 35.5. The van der Waals surface area contributed by atoms with Gasteiger partial charge in [0.25, 0.3) is 5.91 Å². The molecule has 0 bridgehead atoms. The van der Waals surface area contributed by atoms with Crippen molar-refractivity contribution in [3.05, 3.63) is 63.9 Å². The van der Waals surface area contributed by atoms with Gasteiger partial charge in [0.2, 0.25) is 0 Å². The van der Waals surface area contributed by atoms with Crippen molar-refractivity contribution in [3.63, 3.8) is 0 Å². The fourth-order valence-corrected chi connectivity index (χ4v) is 4.63. The number of halogens is 2. The summed E-state index contributed by atoms with van der Waals surface area (Å²) >= 11 is 12.1. The zero-order valence-corrected chi connectivity index (χ0v) is 21.1. The zero-order chi connectivity index (χ0) is 24.1. The summed E-state index contributed by atoms with van der Waals surface area (Å²) in [7, 11) is 4.16. The number of anilines is 1. The molecule has 1 aliphatic rings. The molecule has 3 aromatic rings. The topological polar surface area (TPSA) is 64.6 Å². The van der Waals surface area contributed by atoms with Crippen molar-refractivity contribution in [2.75, 3.05) is 58.7 Å². The smallest absolute Gasteiger partial charge is 0.254 e. The van der Waals surface area contributed by atoms with Crippen LogP contribution < -0.4 is 5.32 Å². The van der Waals surface area contributed by atoms with E-state index in [4.69, 9.17) is 33.2 Å². The monoisotopic (exact) mass is 500 g/mol. The van der Waals surface area contributed by atoms with Crippen molar-refractivity contribution in [2.45, 2.75) is 13.0 Å². The number of carbonyl (C=O) groups is 1. The van der Waals surface area contributed by atoms with Crippen LogP contribution in [-0.2, 0) is 6.54 Å². The molecule has 7 nitrogen and oxygen atoms in total. The van der Waals surface area contributed by atoms with Crippen LogP contribution in [-0.4, -0.2) is 83.9 Å². The Bertz CT molecular complexity index is 1130. The Kier molecular flexibility index (Phi) is 8.21. The predicted octanol–water partition coefficient (Wildman–Crippen LogP) is 4.26. The maximum absolute atomic E-state index is 12.9. The molecule has 1 aliphatic heterocycles. The highest BCUT2D eigenvalue weighted by molar-refractivity contribution is 6.35. The van der Waals surface area contributed by atoms with Gasteiger partial charge in [-0.3, -0.25) is 9.69 Å². The van der Waals surface area contributed by atoms with E-state index in [1.807, 2.05) is 23.1 Å². The van der Waals surface area contributed by atoms with Gasteiger partial charge in [-0.2, -0.15) is 0 Å². The van der Waals surface area contributed by atoms with Crippen molar-refractivity contribution >= 4 is 45.8 Å². The van der Waals surface area contributed by atoms with Crippen LogP contribution in [0.3, 0.4) is 0 Å². The van der Waals surface area contributed by atoms with Crippen LogP contribution in [0, 0.1) is 0 Å². The number of carbonyl (C=O) groups excluding carboxylic acids is 1. The Morgan fingerprint density at radius 3 is 2.44 bits per heavy atom. The van der Waals surface area contributed by atoms with Crippen LogP contribution in [0.4, 0.5) is 5.82 Å². The summed E-state index contributed by atoms with van der Waals surface area (Å²) in [5.41, 5.74) is 1.46. The molecule has 180 valence electrons. The molecule has 0 spiro atoms. The molecule has 0 saturated carbocycles. The quantitative estimate of drug-likeness (QED) is 0.466. The Morgan fingerprint density at radius 2 is 1.74 bits per heavy atom. The molecule has 1 saturated heterocycles. The lowest BCUT2D eigenvalue weighted by molar-refractivity contribution is 0.0625.